The van der Waals surface area contributed by atoms with E-state index in [4.69, 9.17) is 0 Å². The van der Waals surface area contributed by atoms with Crippen LogP contribution >= 0.6 is 11.3 Å². The first-order valence-electron chi connectivity index (χ1n) is 10.9. The van der Waals surface area contributed by atoms with Gasteiger partial charge in [0.05, 0.1) is 0 Å². The Kier molecular flexibility index (Phi) is 5.02. The number of thiophene rings is 1. The van der Waals surface area contributed by atoms with Gasteiger partial charge in [0.15, 0.2) is 0 Å². The fourth-order valence-corrected chi connectivity index (χ4v) is 6.88. The second-order valence-corrected chi connectivity index (χ2v) is 10.5. The van der Waals surface area contributed by atoms with E-state index in [1.165, 1.54) is 19.3 Å². The summed E-state index contributed by atoms with van der Waals surface area (Å²) in [5.74, 6) is 1.85. The summed E-state index contributed by atoms with van der Waals surface area (Å²) in [7, 11) is 0. The molecule has 2 aromatic rings. The summed E-state index contributed by atoms with van der Waals surface area (Å²) in [4.78, 5) is 27.2. The average Bonchev–Trinajstić information content (AvgIpc) is 3.19. The lowest BCUT2D eigenvalue weighted by atomic mass is 9.53. The quantitative estimate of drug-likeness (QED) is 0.675. The molecule has 4 aliphatic carbocycles. The molecule has 4 fully saturated rings. The number of hydrogen-bond acceptors (Lipinski definition) is 3. The van der Waals surface area contributed by atoms with Crippen molar-refractivity contribution in [2.24, 2.45) is 17.8 Å². The fraction of sp³-hybridized carbons (Fsp3) is 0.440. The van der Waals surface area contributed by atoms with E-state index in [9.17, 15) is 9.59 Å². The number of hydrogen-bond donors (Lipinski definition) is 2. The van der Waals surface area contributed by atoms with Gasteiger partial charge in [-0.1, -0.05) is 23.8 Å². The van der Waals surface area contributed by atoms with Crippen LogP contribution in [-0.2, 0) is 4.79 Å². The number of carbonyl (C=O) groups excluding carboxylic acids is 2. The molecule has 4 nitrogen and oxygen atoms in total. The van der Waals surface area contributed by atoms with Crippen molar-refractivity contribution in [3.8, 4) is 0 Å². The molecule has 5 heteroatoms. The highest BCUT2D eigenvalue weighted by atomic mass is 32.1. The third-order valence-corrected chi connectivity index (χ3v) is 7.84. The van der Waals surface area contributed by atoms with Gasteiger partial charge in [0.1, 0.15) is 5.70 Å². The highest BCUT2D eigenvalue weighted by Crippen LogP contribution is 2.55. The van der Waals surface area contributed by atoms with Gasteiger partial charge in [0, 0.05) is 16.0 Å². The van der Waals surface area contributed by atoms with Crippen LogP contribution in [-0.4, -0.2) is 17.4 Å². The minimum atomic E-state index is -0.248. The van der Waals surface area contributed by atoms with Gasteiger partial charge in [-0.2, -0.15) is 0 Å². The Morgan fingerprint density at radius 3 is 2.33 bits per heavy atom. The van der Waals surface area contributed by atoms with Crippen LogP contribution in [0.3, 0.4) is 0 Å². The lowest BCUT2D eigenvalue weighted by molar-refractivity contribution is -0.123. The smallest absolute Gasteiger partial charge is 0.268 e. The molecule has 0 saturated heterocycles. The lowest BCUT2D eigenvalue weighted by Crippen LogP contribution is -2.60. The molecule has 156 valence electrons. The molecule has 0 aliphatic heterocycles. The van der Waals surface area contributed by atoms with Crippen LogP contribution < -0.4 is 10.6 Å². The summed E-state index contributed by atoms with van der Waals surface area (Å²) in [6.45, 7) is 1.96. The van der Waals surface area contributed by atoms with E-state index in [0.29, 0.717) is 11.3 Å². The highest BCUT2D eigenvalue weighted by molar-refractivity contribution is 7.10. The Balaban J connectivity index is 1.38. The third kappa shape index (κ3) is 3.95. The standard InChI is InChI=1S/C25H28N2O2S/c1-16-4-2-5-20(8-16)23(28)26-22(12-21-6-3-7-30-21)24(29)27-25-13-17-9-18(14-25)11-19(10-17)15-25/h2-8,12,17-19H,9-11,13-15H2,1H3,(H,26,28)(H,27,29)/b22-12-. The lowest BCUT2D eigenvalue weighted by Gasteiger charge is -2.56. The second-order valence-electron chi connectivity index (χ2n) is 9.55. The largest absolute Gasteiger partial charge is 0.345 e. The van der Waals surface area contributed by atoms with Crippen LogP contribution in [0.4, 0.5) is 0 Å². The monoisotopic (exact) mass is 420 g/mol. The van der Waals surface area contributed by atoms with Crippen molar-refractivity contribution in [3.63, 3.8) is 0 Å². The molecular formula is C25H28N2O2S. The van der Waals surface area contributed by atoms with Crippen molar-refractivity contribution in [3.05, 3.63) is 63.5 Å². The molecule has 0 radical (unpaired) electrons. The van der Waals surface area contributed by atoms with E-state index in [-0.39, 0.29) is 17.4 Å². The Morgan fingerprint density at radius 2 is 1.73 bits per heavy atom. The van der Waals surface area contributed by atoms with E-state index in [1.54, 1.807) is 23.5 Å². The second kappa shape index (κ2) is 7.69. The average molecular weight is 421 g/mol. The summed E-state index contributed by atoms with van der Waals surface area (Å²) in [6, 6.07) is 11.4. The Hall–Kier alpha value is -2.40. The Bertz CT molecular complexity index is 957. The Labute approximate surface area is 181 Å². The molecule has 1 heterocycles. The molecule has 0 atom stereocenters. The van der Waals surface area contributed by atoms with Crippen molar-refractivity contribution in [1.82, 2.24) is 10.6 Å². The van der Waals surface area contributed by atoms with Crippen molar-refractivity contribution in [2.75, 3.05) is 0 Å². The van der Waals surface area contributed by atoms with Crippen molar-refractivity contribution in [1.29, 1.82) is 0 Å². The summed E-state index contributed by atoms with van der Waals surface area (Å²) in [6.07, 6.45) is 9.05. The topological polar surface area (TPSA) is 58.2 Å². The summed E-state index contributed by atoms with van der Waals surface area (Å²) < 4.78 is 0. The number of benzene rings is 1. The van der Waals surface area contributed by atoms with Crippen LogP contribution in [0.2, 0.25) is 0 Å². The summed E-state index contributed by atoms with van der Waals surface area (Å²) >= 11 is 1.56. The number of rotatable bonds is 5. The molecule has 0 unspecified atom stereocenters. The predicted octanol–water partition coefficient (Wildman–Crippen LogP) is 4.91. The van der Waals surface area contributed by atoms with Crippen molar-refractivity contribution in [2.45, 2.75) is 51.0 Å². The van der Waals surface area contributed by atoms with Crippen LogP contribution in [0.25, 0.3) is 6.08 Å². The van der Waals surface area contributed by atoms with E-state index in [2.05, 4.69) is 10.6 Å². The maximum atomic E-state index is 13.4. The summed E-state index contributed by atoms with van der Waals surface area (Å²) in [5.41, 5.74) is 1.83. The van der Waals surface area contributed by atoms with E-state index in [0.717, 1.165) is 47.5 Å². The normalized spacial score (nSPS) is 29.6. The zero-order valence-corrected chi connectivity index (χ0v) is 18.1. The first-order chi connectivity index (χ1) is 14.5. The number of aryl methyl sites for hydroxylation is 1. The maximum absolute atomic E-state index is 13.4. The van der Waals surface area contributed by atoms with Gasteiger partial charge in [-0.25, -0.2) is 0 Å². The molecule has 2 N–H and O–H groups in total. The first kappa shape index (κ1) is 19.6. The fourth-order valence-electron chi connectivity index (χ4n) is 6.23. The molecule has 6 rings (SSSR count). The molecular weight excluding hydrogens is 392 g/mol. The number of nitrogens with one attached hydrogen (secondary N) is 2. The first-order valence-corrected chi connectivity index (χ1v) is 11.8. The minimum Gasteiger partial charge on any atom is -0.345 e. The van der Waals surface area contributed by atoms with E-state index >= 15 is 0 Å². The third-order valence-electron chi connectivity index (χ3n) is 7.02. The van der Waals surface area contributed by atoms with Gasteiger partial charge in [-0.15, -0.1) is 11.3 Å². The van der Waals surface area contributed by atoms with Crippen LogP contribution in [0.15, 0.2) is 47.5 Å². The van der Waals surface area contributed by atoms with Crippen LogP contribution in [0.5, 0.6) is 0 Å². The van der Waals surface area contributed by atoms with Crippen LogP contribution in [0, 0.1) is 24.7 Å². The number of amides is 2. The Morgan fingerprint density at radius 1 is 1.03 bits per heavy atom. The zero-order chi connectivity index (χ0) is 20.7. The maximum Gasteiger partial charge on any atom is 0.268 e. The molecule has 2 amide bonds. The SMILES string of the molecule is Cc1cccc(C(=O)N/C(=C\c2cccs2)C(=O)NC23CC4CC(CC(C4)C2)C3)c1. The van der Waals surface area contributed by atoms with Crippen molar-refractivity contribution >= 4 is 29.2 Å². The van der Waals surface area contributed by atoms with Gasteiger partial charge in [0.2, 0.25) is 0 Å². The molecule has 4 bridgehead atoms. The van der Waals surface area contributed by atoms with E-state index in [1.807, 2.05) is 42.6 Å². The molecule has 0 spiro atoms. The van der Waals surface area contributed by atoms with E-state index < -0.39 is 0 Å². The van der Waals surface area contributed by atoms with Gasteiger partial charge in [-0.05, 0) is 92.9 Å². The highest BCUT2D eigenvalue weighted by Gasteiger charge is 2.51. The van der Waals surface area contributed by atoms with Gasteiger partial charge < -0.3 is 10.6 Å². The predicted molar refractivity (Wildman–Crippen MR) is 120 cm³/mol. The molecule has 1 aromatic carbocycles. The molecule has 4 aliphatic rings. The zero-order valence-electron chi connectivity index (χ0n) is 17.3. The van der Waals surface area contributed by atoms with Gasteiger partial charge in [-0.3, -0.25) is 9.59 Å². The van der Waals surface area contributed by atoms with Gasteiger partial charge in [0.25, 0.3) is 11.8 Å². The molecule has 4 saturated carbocycles. The van der Waals surface area contributed by atoms with Gasteiger partial charge >= 0.3 is 0 Å². The summed E-state index contributed by atoms with van der Waals surface area (Å²) in [5, 5.41) is 8.26. The molecule has 30 heavy (non-hydrogen) atoms. The van der Waals surface area contributed by atoms with Crippen molar-refractivity contribution < 1.29 is 9.59 Å². The number of carbonyl (C=O) groups is 2. The van der Waals surface area contributed by atoms with Crippen LogP contribution in [0.1, 0.15) is 59.3 Å². The minimum absolute atomic E-state index is 0.0889. The molecule has 1 aromatic heterocycles.